The summed E-state index contributed by atoms with van der Waals surface area (Å²) in [5.41, 5.74) is 3.42. The molecule has 0 spiro atoms. The van der Waals surface area contributed by atoms with Gasteiger partial charge < -0.3 is 10.1 Å². The van der Waals surface area contributed by atoms with Gasteiger partial charge >= 0.3 is 0 Å². The molecule has 0 bridgehead atoms. The van der Waals surface area contributed by atoms with Crippen molar-refractivity contribution in [3.05, 3.63) is 78.0 Å². The largest absolute Gasteiger partial charge is 0.369 e. The molecule has 3 nitrogen and oxygen atoms in total. The summed E-state index contributed by atoms with van der Waals surface area (Å²) in [6.45, 7) is 1.52. The SMILES string of the molecule is CNCCC(OCc1cccc2ncccc12)c1ccccc1. The molecule has 1 unspecified atom stereocenters. The zero-order valence-corrected chi connectivity index (χ0v) is 13.4. The van der Waals surface area contributed by atoms with Crippen LogP contribution in [0.4, 0.5) is 0 Å². The number of fused-ring (bicyclic) bond motifs is 1. The molecule has 0 radical (unpaired) electrons. The molecular formula is C20H22N2O. The number of hydrogen-bond donors (Lipinski definition) is 1. The second kappa shape index (κ2) is 7.86. The molecule has 1 N–H and O–H groups in total. The smallest absolute Gasteiger partial charge is 0.0841 e. The molecule has 1 aromatic heterocycles. The molecule has 3 aromatic rings. The molecule has 3 heteroatoms. The summed E-state index contributed by atoms with van der Waals surface area (Å²) in [5.74, 6) is 0. The van der Waals surface area contributed by atoms with Crippen LogP contribution in [0.3, 0.4) is 0 Å². The van der Waals surface area contributed by atoms with E-state index in [9.17, 15) is 0 Å². The molecule has 0 amide bonds. The van der Waals surface area contributed by atoms with Crippen molar-refractivity contribution in [3.63, 3.8) is 0 Å². The maximum absolute atomic E-state index is 6.26. The minimum Gasteiger partial charge on any atom is -0.369 e. The first-order valence-corrected chi connectivity index (χ1v) is 8.02. The van der Waals surface area contributed by atoms with Crippen molar-refractivity contribution in [2.24, 2.45) is 0 Å². The lowest BCUT2D eigenvalue weighted by atomic mass is 10.1. The number of hydrogen-bond acceptors (Lipinski definition) is 3. The summed E-state index contributed by atoms with van der Waals surface area (Å²) in [6.07, 6.45) is 2.87. The van der Waals surface area contributed by atoms with E-state index < -0.39 is 0 Å². The lowest BCUT2D eigenvalue weighted by Crippen LogP contribution is -2.14. The fourth-order valence-corrected chi connectivity index (χ4v) is 2.77. The highest BCUT2D eigenvalue weighted by atomic mass is 16.5. The Kier molecular flexibility index (Phi) is 5.35. The van der Waals surface area contributed by atoms with Gasteiger partial charge in [-0.3, -0.25) is 4.98 Å². The third-order valence-corrected chi connectivity index (χ3v) is 4.00. The number of ether oxygens (including phenoxy) is 1. The van der Waals surface area contributed by atoms with Crippen molar-refractivity contribution in [2.75, 3.05) is 13.6 Å². The van der Waals surface area contributed by atoms with Crippen LogP contribution in [0.2, 0.25) is 0 Å². The second-order valence-electron chi connectivity index (χ2n) is 5.59. The number of nitrogens with zero attached hydrogens (tertiary/aromatic N) is 1. The highest BCUT2D eigenvalue weighted by Gasteiger charge is 2.12. The Morgan fingerprint density at radius 1 is 1.00 bits per heavy atom. The van der Waals surface area contributed by atoms with E-state index in [0.717, 1.165) is 23.9 Å². The summed E-state index contributed by atoms with van der Waals surface area (Å²) < 4.78 is 6.26. The molecule has 1 heterocycles. The molecule has 0 saturated heterocycles. The standard InChI is InChI=1S/C20H22N2O/c1-21-14-12-20(16-7-3-2-4-8-16)23-15-17-9-5-11-19-18(17)10-6-13-22-19/h2-11,13,20-21H,12,14-15H2,1H3. The van der Waals surface area contributed by atoms with Crippen molar-refractivity contribution in [3.8, 4) is 0 Å². The van der Waals surface area contributed by atoms with Crippen molar-refractivity contribution in [1.29, 1.82) is 0 Å². The van der Waals surface area contributed by atoms with Crippen LogP contribution in [0.15, 0.2) is 66.9 Å². The average molecular weight is 306 g/mol. The molecular weight excluding hydrogens is 284 g/mol. The van der Waals surface area contributed by atoms with E-state index in [1.807, 2.05) is 37.5 Å². The van der Waals surface area contributed by atoms with Gasteiger partial charge in [0.25, 0.3) is 0 Å². The van der Waals surface area contributed by atoms with Gasteiger partial charge in [0, 0.05) is 11.6 Å². The Labute approximate surface area is 137 Å². The molecule has 0 saturated carbocycles. The van der Waals surface area contributed by atoms with Gasteiger partial charge in [0.1, 0.15) is 0 Å². The fourth-order valence-electron chi connectivity index (χ4n) is 2.77. The number of rotatable bonds is 7. The van der Waals surface area contributed by atoms with Crippen molar-refractivity contribution in [2.45, 2.75) is 19.1 Å². The van der Waals surface area contributed by atoms with Gasteiger partial charge in [0.2, 0.25) is 0 Å². The van der Waals surface area contributed by atoms with E-state index in [-0.39, 0.29) is 6.10 Å². The maximum Gasteiger partial charge on any atom is 0.0841 e. The van der Waals surface area contributed by atoms with Crippen LogP contribution in [0.5, 0.6) is 0 Å². The van der Waals surface area contributed by atoms with Crippen LogP contribution >= 0.6 is 0 Å². The van der Waals surface area contributed by atoms with Crippen LogP contribution in [0.1, 0.15) is 23.7 Å². The topological polar surface area (TPSA) is 34.1 Å². The molecule has 3 rings (SSSR count). The first-order chi connectivity index (χ1) is 11.4. The van der Waals surface area contributed by atoms with Gasteiger partial charge in [-0.2, -0.15) is 0 Å². The van der Waals surface area contributed by atoms with E-state index in [1.54, 1.807) is 0 Å². The number of benzene rings is 2. The van der Waals surface area contributed by atoms with Gasteiger partial charge in [-0.15, -0.1) is 0 Å². The second-order valence-corrected chi connectivity index (χ2v) is 5.59. The van der Waals surface area contributed by atoms with Crippen LogP contribution in [-0.2, 0) is 11.3 Å². The molecule has 23 heavy (non-hydrogen) atoms. The molecule has 2 aromatic carbocycles. The molecule has 0 aliphatic rings. The molecule has 0 aliphatic heterocycles. The Hall–Kier alpha value is -2.23. The normalized spacial score (nSPS) is 12.4. The van der Waals surface area contributed by atoms with Gasteiger partial charge in [-0.25, -0.2) is 0 Å². The number of nitrogens with one attached hydrogen (secondary N) is 1. The highest BCUT2D eigenvalue weighted by Crippen LogP contribution is 2.24. The van der Waals surface area contributed by atoms with Crippen LogP contribution in [-0.4, -0.2) is 18.6 Å². The maximum atomic E-state index is 6.26. The molecule has 0 fully saturated rings. The molecule has 0 aliphatic carbocycles. The summed E-state index contributed by atoms with van der Waals surface area (Å²) >= 11 is 0. The number of pyridine rings is 1. The summed E-state index contributed by atoms with van der Waals surface area (Å²) in [6, 6.07) is 20.7. The summed E-state index contributed by atoms with van der Waals surface area (Å²) in [7, 11) is 1.97. The van der Waals surface area contributed by atoms with Crippen molar-refractivity contribution < 1.29 is 4.74 Å². The quantitative estimate of drug-likeness (QED) is 0.713. The van der Waals surface area contributed by atoms with Gasteiger partial charge in [-0.1, -0.05) is 48.5 Å². The molecule has 118 valence electrons. The average Bonchev–Trinajstić information content (AvgIpc) is 2.62. The van der Waals surface area contributed by atoms with Gasteiger partial charge in [0.05, 0.1) is 18.2 Å². The van der Waals surface area contributed by atoms with Crippen LogP contribution in [0, 0.1) is 0 Å². The Morgan fingerprint density at radius 3 is 2.70 bits per heavy atom. The van der Waals surface area contributed by atoms with E-state index >= 15 is 0 Å². The predicted octanol–water partition coefficient (Wildman–Crippen LogP) is 4.10. The first kappa shape index (κ1) is 15.7. The van der Waals surface area contributed by atoms with E-state index in [2.05, 4.69) is 46.7 Å². The summed E-state index contributed by atoms with van der Waals surface area (Å²) in [5, 5.41) is 4.37. The monoisotopic (exact) mass is 306 g/mol. The zero-order valence-electron chi connectivity index (χ0n) is 13.4. The van der Waals surface area contributed by atoms with Crippen molar-refractivity contribution >= 4 is 10.9 Å². The predicted molar refractivity (Wildman–Crippen MR) is 94.3 cm³/mol. The first-order valence-electron chi connectivity index (χ1n) is 8.02. The van der Waals surface area contributed by atoms with E-state index in [4.69, 9.17) is 4.74 Å². The van der Waals surface area contributed by atoms with Crippen LogP contribution in [0.25, 0.3) is 10.9 Å². The van der Waals surface area contributed by atoms with E-state index in [1.165, 1.54) is 11.1 Å². The minimum absolute atomic E-state index is 0.0931. The van der Waals surface area contributed by atoms with Gasteiger partial charge in [0.15, 0.2) is 0 Å². The Balaban J connectivity index is 1.77. The van der Waals surface area contributed by atoms with Gasteiger partial charge in [-0.05, 0) is 43.3 Å². The third kappa shape index (κ3) is 3.95. The minimum atomic E-state index is 0.0931. The Bertz CT molecular complexity index is 737. The lowest BCUT2D eigenvalue weighted by molar-refractivity contribution is 0.0350. The van der Waals surface area contributed by atoms with E-state index in [0.29, 0.717) is 6.61 Å². The zero-order chi connectivity index (χ0) is 15.9. The number of aromatic nitrogens is 1. The summed E-state index contributed by atoms with van der Waals surface area (Å²) in [4.78, 5) is 4.41. The fraction of sp³-hybridized carbons (Fsp3) is 0.250. The molecule has 1 atom stereocenters. The highest BCUT2D eigenvalue weighted by molar-refractivity contribution is 5.81. The Morgan fingerprint density at radius 2 is 1.87 bits per heavy atom. The van der Waals surface area contributed by atoms with Crippen LogP contribution < -0.4 is 5.32 Å². The van der Waals surface area contributed by atoms with Crippen molar-refractivity contribution in [1.82, 2.24) is 10.3 Å². The lowest BCUT2D eigenvalue weighted by Gasteiger charge is -2.19. The third-order valence-electron chi connectivity index (χ3n) is 4.00.